The lowest BCUT2D eigenvalue weighted by Crippen LogP contribution is -2.29. The Hall–Kier alpha value is -4.20. The van der Waals surface area contributed by atoms with E-state index in [2.05, 4.69) is 20.7 Å². The Labute approximate surface area is 198 Å². The zero-order chi connectivity index (χ0) is 24.1. The highest BCUT2D eigenvalue weighted by molar-refractivity contribution is 6.07. The van der Waals surface area contributed by atoms with Crippen LogP contribution < -0.4 is 10.6 Å². The van der Waals surface area contributed by atoms with Crippen LogP contribution in [0.25, 0.3) is 10.8 Å². The number of fused-ring (bicyclic) bond motifs is 1. The Kier molecular flexibility index (Phi) is 6.58. The second-order valence-electron chi connectivity index (χ2n) is 8.96. The lowest BCUT2D eigenvalue weighted by atomic mass is 10.0. The van der Waals surface area contributed by atoms with Gasteiger partial charge in [-0.3, -0.25) is 10.1 Å². The highest BCUT2D eigenvalue weighted by Gasteiger charge is 2.19. The van der Waals surface area contributed by atoms with E-state index < -0.39 is 11.7 Å². The number of anilines is 1. The van der Waals surface area contributed by atoms with Gasteiger partial charge < -0.3 is 10.1 Å². The molecular weight excluding hydrogens is 430 g/mol. The summed E-state index contributed by atoms with van der Waals surface area (Å²) in [6.07, 6.45) is 2.56. The van der Waals surface area contributed by atoms with Gasteiger partial charge in [-0.05, 0) is 54.8 Å². The van der Waals surface area contributed by atoms with Crippen LogP contribution in [0.5, 0.6) is 0 Å². The monoisotopic (exact) mass is 457 g/mol. The lowest BCUT2D eigenvalue weighted by molar-refractivity contribution is 0.0636. The van der Waals surface area contributed by atoms with Crippen molar-refractivity contribution in [3.8, 4) is 0 Å². The molecule has 1 aromatic heterocycles. The minimum atomic E-state index is -0.649. The van der Waals surface area contributed by atoms with E-state index in [-0.39, 0.29) is 5.91 Å². The molecule has 0 aliphatic rings. The summed E-state index contributed by atoms with van der Waals surface area (Å²) in [6.45, 7) is 6.35. The van der Waals surface area contributed by atoms with Gasteiger partial charge in [0.2, 0.25) is 0 Å². The number of ether oxygens (including phenoxy) is 1. The summed E-state index contributed by atoms with van der Waals surface area (Å²) >= 11 is 0. The number of nitrogens with zero attached hydrogens (tertiary/aromatic N) is 3. The molecular formula is C26H27N5O3. The van der Waals surface area contributed by atoms with Crippen molar-refractivity contribution in [2.75, 3.05) is 5.32 Å². The third-order valence-corrected chi connectivity index (χ3v) is 5.05. The third kappa shape index (κ3) is 5.98. The molecule has 0 bridgehead atoms. The van der Waals surface area contributed by atoms with Gasteiger partial charge in [-0.25, -0.2) is 14.5 Å². The van der Waals surface area contributed by atoms with Gasteiger partial charge in [-0.2, -0.15) is 5.10 Å². The molecule has 8 heteroatoms. The molecule has 8 nitrogen and oxygen atoms in total. The fourth-order valence-corrected chi connectivity index (χ4v) is 3.49. The van der Waals surface area contributed by atoms with Gasteiger partial charge >= 0.3 is 6.09 Å². The number of benzene rings is 3. The first kappa shape index (κ1) is 23.0. The van der Waals surface area contributed by atoms with Gasteiger partial charge in [0.15, 0.2) is 0 Å². The Morgan fingerprint density at radius 2 is 1.65 bits per heavy atom. The fraction of sp³-hybridized carbons (Fsp3) is 0.231. The number of nitrogens with one attached hydrogen (secondary N) is 2. The van der Waals surface area contributed by atoms with Crippen molar-refractivity contribution in [2.24, 2.45) is 0 Å². The third-order valence-electron chi connectivity index (χ3n) is 5.05. The molecule has 2 amide bonds. The second kappa shape index (κ2) is 9.74. The number of hydrogen-bond donors (Lipinski definition) is 2. The topological polar surface area (TPSA) is 98.1 Å². The maximum atomic E-state index is 13.1. The van der Waals surface area contributed by atoms with Crippen molar-refractivity contribution in [2.45, 2.75) is 39.5 Å². The van der Waals surface area contributed by atoms with Crippen molar-refractivity contribution >= 4 is 28.5 Å². The van der Waals surface area contributed by atoms with Gasteiger partial charge in [0.05, 0.1) is 17.8 Å². The Morgan fingerprint density at radius 3 is 2.29 bits per heavy atom. The number of rotatable bonds is 6. The predicted molar refractivity (Wildman–Crippen MR) is 131 cm³/mol. The van der Waals surface area contributed by atoms with E-state index in [1.807, 2.05) is 48.5 Å². The molecule has 4 rings (SSSR count). The van der Waals surface area contributed by atoms with Gasteiger partial charge in [-0.15, -0.1) is 0 Å². The molecule has 0 unspecified atom stereocenters. The van der Waals surface area contributed by atoms with Crippen molar-refractivity contribution in [3.05, 3.63) is 90.0 Å². The summed E-state index contributed by atoms with van der Waals surface area (Å²) in [4.78, 5) is 29.4. The van der Waals surface area contributed by atoms with E-state index in [4.69, 9.17) is 4.74 Å². The maximum Gasteiger partial charge on any atom is 0.412 e. The molecule has 0 aliphatic heterocycles. The quantitative estimate of drug-likeness (QED) is 0.435. The Morgan fingerprint density at radius 1 is 0.971 bits per heavy atom. The molecule has 0 radical (unpaired) electrons. The van der Waals surface area contributed by atoms with E-state index in [1.54, 1.807) is 43.9 Å². The van der Waals surface area contributed by atoms with E-state index >= 15 is 0 Å². The smallest absolute Gasteiger partial charge is 0.412 e. The van der Waals surface area contributed by atoms with Crippen LogP contribution in [0.1, 0.15) is 42.3 Å². The lowest BCUT2D eigenvalue weighted by Gasteiger charge is -2.20. The van der Waals surface area contributed by atoms with Crippen molar-refractivity contribution in [1.29, 1.82) is 0 Å². The van der Waals surface area contributed by atoms with Crippen molar-refractivity contribution in [3.63, 3.8) is 0 Å². The first-order valence-electron chi connectivity index (χ1n) is 11.0. The summed E-state index contributed by atoms with van der Waals surface area (Å²) in [5.41, 5.74) is 2.15. The molecule has 2 N–H and O–H groups in total. The average molecular weight is 458 g/mol. The van der Waals surface area contributed by atoms with Gasteiger partial charge in [-0.1, -0.05) is 48.5 Å². The number of amides is 2. The second-order valence-corrected chi connectivity index (χ2v) is 8.96. The van der Waals surface area contributed by atoms with Crippen LogP contribution in [0.3, 0.4) is 0 Å². The van der Waals surface area contributed by atoms with E-state index in [1.165, 1.54) is 6.33 Å². The SMILES string of the molecule is CC(C)(C)OC(=O)Nc1cc2ccccc2cc1C(=O)NCc1ccc(Cn2cncn2)cc1. The first-order valence-corrected chi connectivity index (χ1v) is 11.0. The molecule has 174 valence electrons. The maximum absolute atomic E-state index is 13.1. The Bertz CT molecular complexity index is 1290. The largest absolute Gasteiger partial charge is 0.444 e. The number of carbonyl (C=O) groups is 2. The zero-order valence-corrected chi connectivity index (χ0v) is 19.4. The molecule has 0 saturated carbocycles. The van der Waals surface area contributed by atoms with E-state index in [9.17, 15) is 9.59 Å². The summed E-state index contributed by atoms with van der Waals surface area (Å²) in [5.74, 6) is -0.288. The molecule has 34 heavy (non-hydrogen) atoms. The van der Waals surface area contributed by atoms with Crippen LogP contribution in [-0.2, 0) is 17.8 Å². The van der Waals surface area contributed by atoms with Crippen LogP contribution in [0.2, 0.25) is 0 Å². The summed E-state index contributed by atoms with van der Waals surface area (Å²) < 4.78 is 7.12. The number of hydrogen-bond acceptors (Lipinski definition) is 5. The molecule has 0 fully saturated rings. The highest BCUT2D eigenvalue weighted by Crippen LogP contribution is 2.25. The molecule has 0 atom stereocenters. The highest BCUT2D eigenvalue weighted by atomic mass is 16.6. The van der Waals surface area contributed by atoms with Crippen molar-refractivity contribution in [1.82, 2.24) is 20.1 Å². The van der Waals surface area contributed by atoms with Gasteiger partial charge in [0, 0.05) is 6.54 Å². The minimum Gasteiger partial charge on any atom is -0.444 e. The summed E-state index contributed by atoms with van der Waals surface area (Å²) in [5, 5.41) is 11.6. The van der Waals surface area contributed by atoms with Crippen LogP contribution in [0, 0.1) is 0 Å². The average Bonchev–Trinajstić information content (AvgIpc) is 3.29. The zero-order valence-electron chi connectivity index (χ0n) is 19.4. The summed E-state index contributed by atoms with van der Waals surface area (Å²) in [6, 6.07) is 19.2. The van der Waals surface area contributed by atoms with E-state index in [0.29, 0.717) is 24.3 Å². The molecule has 3 aromatic carbocycles. The van der Waals surface area contributed by atoms with Crippen molar-refractivity contribution < 1.29 is 14.3 Å². The van der Waals surface area contributed by atoms with Crippen LogP contribution >= 0.6 is 0 Å². The van der Waals surface area contributed by atoms with Crippen LogP contribution in [-0.4, -0.2) is 32.4 Å². The fourth-order valence-electron chi connectivity index (χ4n) is 3.49. The molecule has 0 spiro atoms. The minimum absolute atomic E-state index is 0.288. The summed E-state index contributed by atoms with van der Waals surface area (Å²) in [7, 11) is 0. The van der Waals surface area contributed by atoms with Crippen LogP contribution in [0.4, 0.5) is 10.5 Å². The first-order chi connectivity index (χ1) is 16.3. The molecule has 0 aliphatic carbocycles. The normalized spacial score (nSPS) is 11.3. The Balaban J connectivity index is 1.49. The standard InChI is InChI=1S/C26H27N5O3/c1-26(2,3)34-25(33)30-23-13-21-7-5-4-6-20(21)12-22(23)24(32)28-14-18-8-10-19(11-9-18)15-31-17-27-16-29-31/h4-13,16-17H,14-15H2,1-3H3,(H,28,32)(H,30,33). The molecule has 4 aromatic rings. The van der Waals surface area contributed by atoms with Crippen LogP contribution in [0.15, 0.2) is 73.3 Å². The molecule has 0 saturated heterocycles. The van der Waals surface area contributed by atoms with E-state index in [0.717, 1.165) is 21.9 Å². The number of carbonyl (C=O) groups excluding carboxylic acids is 2. The van der Waals surface area contributed by atoms with Gasteiger partial charge in [0.25, 0.3) is 5.91 Å². The predicted octanol–water partition coefficient (Wildman–Crippen LogP) is 4.76. The number of aromatic nitrogens is 3. The van der Waals surface area contributed by atoms with Gasteiger partial charge in [0.1, 0.15) is 18.3 Å². The molecule has 1 heterocycles.